The number of carbonyl (C=O) groups is 1. The Labute approximate surface area is 121 Å². The zero-order valence-electron chi connectivity index (χ0n) is 12.4. The SMILES string of the molecule is CCN1CCC[C@@H]1CNC(=O)Cc1ccccc1OC. The molecule has 1 fully saturated rings. The van der Waals surface area contributed by atoms with Crippen LogP contribution in [0.3, 0.4) is 0 Å². The Morgan fingerprint density at radius 2 is 2.25 bits per heavy atom. The molecule has 4 heteroatoms. The van der Waals surface area contributed by atoms with Gasteiger partial charge in [-0.1, -0.05) is 25.1 Å². The van der Waals surface area contributed by atoms with Crippen LogP contribution in [0.1, 0.15) is 25.3 Å². The fourth-order valence-electron chi connectivity index (χ4n) is 2.86. The summed E-state index contributed by atoms with van der Waals surface area (Å²) in [5, 5.41) is 3.05. The molecule has 2 rings (SSSR count). The predicted molar refractivity (Wildman–Crippen MR) is 80.0 cm³/mol. The highest BCUT2D eigenvalue weighted by Crippen LogP contribution is 2.18. The van der Waals surface area contributed by atoms with E-state index < -0.39 is 0 Å². The number of hydrogen-bond acceptors (Lipinski definition) is 3. The van der Waals surface area contributed by atoms with Crippen LogP contribution in [-0.2, 0) is 11.2 Å². The number of carbonyl (C=O) groups excluding carboxylic acids is 1. The molecule has 1 amide bonds. The van der Waals surface area contributed by atoms with Crippen molar-refractivity contribution in [3.8, 4) is 5.75 Å². The van der Waals surface area contributed by atoms with E-state index in [0.29, 0.717) is 12.5 Å². The van der Waals surface area contributed by atoms with E-state index in [1.807, 2.05) is 24.3 Å². The molecule has 1 aliphatic heterocycles. The molecule has 0 spiro atoms. The molecule has 1 aromatic carbocycles. The summed E-state index contributed by atoms with van der Waals surface area (Å²) >= 11 is 0. The van der Waals surface area contributed by atoms with Crippen molar-refractivity contribution in [2.45, 2.75) is 32.2 Å². The van der Waals surface area contributed by atoms with E-state index in [4.69, 9.17) is 4.74 Å². The van der Waals surface area contributed by atoms with Crippen LogP contribution in [-0.4, -0.2) is 43.6 Å². The number of hydrogen-bond donors (Lipinski definition) is 1. The van der Waals surface area contributed by atoms with E-state index >= 15 is 0 Å². The molecule has 20 heavy (non-hydrogen) atoms. The van der Waals surface area contributed by atoms with Gasteiger partial charge in [0.2, 0.25) is 5.91 Å². The number of amides is 1. The first-order valence-corrected chi connectivity index (χ1v) is 7.37. The third-order valence-electron chi connectivity index (χ3n) is 3.98. The molecule has 1 saturated heterocycles. The number of methoxy groups -OCH3 is 1. The number of likely N-dealkylation sites (N-methyl/N-ethyl adjacent to an activating group) is 1. The second kappa shape index (κ2) is 7.29. The third-order valence-corrected chi connectivity index (χ3v) is 3.98. The minimum atomic E-state index is 0.0671. The first-order valence-electron chi connectivity index (χ1n) is 7.37. The van der Waals surface area contributed by atoms with Gasteiger partial charge in [0.1, 0.15) is 5.75 Å². The quantitative estimate of drug-likeness (QED) is 0.862. The van der Waals surface area contributed by atoms with Crippen molar-refractivity contribution in [3.05, 3.63) is 29.8 Å². The normalized spacial score (nSPS) is 19.0. The van der Waals surface area contributed by atoms with Crippen molar-refractivity contribution in [2.75, 3.05) is 26.7 Å². The average molecular weight is 276 g/mol. The van der Waals surface area contributed by atoms with E-state index in [9.17, 15) is 4.79 Å². The van der Waals surface area contributed by atoms with Gasteiger partial charge < -0.3 is 10.1 Å². The summed E-state index contributed by atoms with van der Waals surface area (Å²) in [6, 6.07) is 8.17. The number of para-hydroxylation sites is 1. The zero-order valence-corrected chi connectivity index (χ0v) is 12.4. The van der Waals surface area contributed by atoms with Crippen LogP contribution in [0.5, 0.6) is 5.75 Å². The van der Waals surface area contributed by atoms with Gasteiger partial charge in [-0.2, -0.15) is 0 Å². The maximum atomic E-state index is 12.0. The summed E-state index contributed by atoms with van der Waals surface area (Å²) in [5.74, 6) is 0.844. The van der Waals surface area contributed by atoms with Crippen LogP contribution in [0.25, 0.3) is 0 Å². The lowest BCUT2D eigenvalue weighted by Crippen LogP contribution is -2.40. The van der Waals surface area contributed by atoms with Gasteiger partial charge in [-0.05, 0) is 32.0 Å². The fourth-order valence-corrected chi connectivity index (χ4v) is 2.86. The minimum absolute atomic E-state index is 0.0671. The van der Waals surface area contributed by atoms with Crippen LogP contribution < -0.4 is 10.1 Å². The van der Waals surface area contributed by atoms with Gasteiger partial charge in [-0.15, -0.1) is 0 Å². The van der Waals surface area contributed by atoms with Gasteiger partial charge in [0.05, 0.1) is 13.5 Å². The van der Waals surface area contributed by atoms with Gasteiger partial charge >= 0.3 is 0 Å². The summed E-state index contributed by atoms with van der Waals surface area (Å²) in [5.41, 5.74) is 0.936. The monoisotopic (exact) mass is 276 g/mol. The molecule has 110 valence electrons. The molecule has 1 heterocycles. The molecular weight excluding hydrogens is 252 g/mol. The van der Waals surface area contributed by atoms with Crippen molar-refractivity contribution in [1.29, 1.82) is 0 Å². The minimum Gasteiger partial charge on any atom is -0.496 e. The van der Waals surface area contributed by atoms with Gasteiger partial charge in [-0.3, -0.25) is 9.69 Å². The predicted octanol–water partition coefficient (Wildman–Crippen LogP) is 1.84. The summed E-state index contributed by atoms with van der Waals surface area (Å²) in [6.45, 7) is 5.15. The second-order valence-corrected chi connectivity index (χ2v) is 5.22. The summed E-state index contributed by atoms with van der Waals surface area (Å²) in [7, 11) is 1.63. The van der Waals surface area contributed by atoms with E-state index in [2.05, 4.69) is 17.1 Å². The summed E-state index contributed by atoms with van der Waals surface area (Å²) in [6.07, 6.45) is 2.80. The van der Waals surface area contributed by atoms with Crippen LogP contribution in [0.4, 0.5) is 0 Å². The lowest BCUT2D eigenvalue weighted by Gasteiger charge is -2.22. The first-order chi connectivity index (χ1) is 9.74. The topological polar surface area (TPSA) is 41.6 Å². The van der Waals surface area contributed by atoms with E-state index in [1.54, 1.807) is 7.11 Å². The van der Waals surface area contributed by atoms with Crippen LogP contribution in [0, 0.1) is 0 Å². The molecule has 1 N–H and O–H groups in total. The smallest absolute Gasteiger partial charge is 0.224 e. The molecule has 0 aliphatic carbocycles. The first kappa shape index (κ1) is 14.9. The lowest BCUT2D eigenvalue weighted by atomic mass is 10.1. The van der Waals surface area contributed by atoms with Crippen LogP contribution in [0.2, 0.25) is 0 Å². The lowest BCUT2D eigenvalue weighted by molar-refractivity contribution is -0.120. The molecular formula is C16H24N2O2. The fraction of sp³-hybridized carbons (Fsp3) is 0.562. The van der Waals surface area contributed by atoms with Crippen LogP contribution >= 0.6 is 0 Å². The molecule has 0 unspecified atom stereocenters. The highest BCUT2D eigenvalue weighted by molar-refractivity contribution is 5.79. The van der Waals surface area contributed by atoms with E-state index in [-0.39, 0.29) is 5.91 Å². The van der Waals surface area contributed by atoms with Gasteiger partial charge in [-0.25, -0.2) is 0 Å². The van der Waals surface area contributed by atoms with Crippen molar-refractivity contribution in [1.82, 2.24) is 10.2 Å². The van der Waals surface area contributed by atoms with E-state index in [1.165, 1.54) is 12.8 Å². The van der Waals surface area contributed by atoms with Crippen molar-refractivity contribution in [3.63, 3.8) is 0 Å². The molecule has 0 aromatic heterocycles. The largest absolute Gasteiger partial charge is 0.496 e. The molecule has 0 bridgehead atoms. The number of benzene rings is 1. The Bertz CT molecular complexity index is 448. The van der Waals surface area contributed by atoms with E-state index in [0.717, 1.165) is 30.9 Å². The molecule has 1 aromatic rings. The maximum Gasteiger partial charge on any atom is 0.224 e. The standard InChI is InChI=1S/C16H24N2O2/c1-3-18-10-6-8-14(18)12-17-16(19)11-13-7-4-5-9-15(13)20-2/h4-5,7,9,14H,3,6,8,10-12H2,1-2H3,(H,17,19)/t14-/m1/s1. The van der Waals surface area contributed by atoms with Crippen LogP contribution in [0.15, 0.2) is 24.3 Å². The molecule has 1 aliphatic rings. The van der Waals surface area contributed by atoms with Crippen molar-refractivity contribution in [2.24, 2.45) is 0 Å². The van der Waals surface area contributed by atoms with Gasteiger partial charge in [0.25, 0.3) is 0 Å². The molecule has 0 saturated carbocycles. The molecule has 0 radical (unpaired) electrons. The Kier molecular flexibility index (Phi) is 5.41. The summed E-state index contributed by atoms with van der Waals surface area (Å²) < 4.78 is 5.27. The van der Waals surface area contributed by atoms with Crippen molar-refractivity contribution >= 4 is 5.91 Å². The molecule has 4 nitrogen and oxygen atoms in total. The Morgan fingerprint density at radius 3 is 3.00 bits per heavy atom. The number of nitrogens with one attached hydrogen (secondary N) is 1. The third kappa shape index (κ3) is 3.73. The highest BCUT2D eigenvalue weighted by Gasteiger charge is 2.23. The molecule has 1 atom stereocenters. The number of nitrogens with zero attached hydrogens (tertiary/aromatic N) is 1. The highest BCUT2D eigenvalue weighted by atomic mass is 16.5. The van der Waals surface area contributed by atoms with Gasteiger partial charge in [0.15, 0.2) is 0 Å². The number of ether oxygens (including phenoxy) is 1. The van der Waals surface area contributed by atoms with Crippen molar-refractivity contribution < 1.29 is 9.53 Å². The zero-order chi connectivity index (χ0) is 14.4. The number of rotatable bonds is 6. The Balaban J connectivity index is 1.83. The Morgan fingerprint density at radius 1 is 1.45 bits per heavy atom. The second-order valence-electron chi connectivity index (χ2n) is 5.22. The average Bonchev–Trinajstić information content (AvgIpc) is 2.93. The van der Waals surface area contributed by atoms with Gasteiger partial charge in [0, 0.05) is 18.2 Å². The maximum absolute atomic E-state index is 12.0. The Hall–Kier alpha value is -1.55. The number of likely N-dealkylation sites (tertiary alicyclic amines) is 1. The summed E-state index contributed by atoms with van der Waals surface area (Å²) in [4.78, 5) is 14.5.